The molecule has 1 rings (SSSR count). The molecule has 0 saturated heterocycles. The molecule has 0 N–H and O–H groups in total. The second kappa shape index (κ2) is 4.25. The molecule has 1 aliphatic rings. The van der Waals surface area contributed by atoms with E-state index in [2.05, 4.69) is 0 Å². The maximum atomic E-state index is 12.4. The Morgan fingerprint density at radius 2 is 1.65 bits per heavy atom. The zero-order valence-electron chi connectivity index (χ0n) is 11.5. The fourth-order valence-electron chi connectivity index (χ4n) is 1.99. The van der Waals surface area contributed by atoms with Crippen molar-refractivity contribution in [3.8, 4) is 0 Å². The van der Waals surface area contributed by atoms with E-state index in [1.54, 1.807) is 12.2 Å². The van der Waals surface area contributed by atoms with Gasteiger partial charge in [0.05, 0.1) is 0 Å². The third-order valence-electron chi connectivity index (χ3n) is 3.05. The summed E-state index contributed by atoms with van der Waals surface area (Å²) in [6, 6.07) is 0. The molecule has 1 unspecified atom stereocenters. The highest BCUT2D eigenvalue weighted by molar-refractivity contribution is 6.04. The fraction of sp³-hybridized carbons (Fsp3) is 0.600. The van der Waals surface area contributed by atoms with Gasteiger partial charge in [0.15, 0.2) is 5.78 Å². The van der Waals surface area contributed by atoms with Crippen LogP contribution in [0.1, 0.15) is 41.5 Å². The van der Waals surface area contributed by atoms with Gasteiger partial charge in [0.2, 0.25) is 6.29 Å². The van der Waals surface area contributed by atoms with Crippen molar-refractivity contribution in [1.29, 1.82) is 0 Å². The molecule has 1 aliphatic carbocycles. The zero-order chi connectivity index (χ0) is 13.4. The van der Waals surface area contributed by atoms with E-state index in [0.29, 0.717) is 5.57 Å². The standard InChI is InChI=1S/C15H21O2/c1-14(2,3)11-7-10(9-16)8-12(13(11)17)15(4,5)6/h7-8,11H,1-6H3. The van der Waals surface area contributed by atoms with Gasteiger partial charge in [0.1, 0.15) is 0 Å². The number of carbonyl (C=O) groups excluding carboxylic acids is 2. The van der Waals surface area contributed by atoms with E-state index in [1.807, 2.05) is 47.8 Å². The SMILES string of the molecule is CC(C)(C)C1=CC([C]=O)=CC(C(C)(C)C)C1=O. The van der Waals surface area contributed by atoms with E-state index in [1.165, 1.54) is 0 Å². The molecular weight excluding hydrogens is 212 g/mol. The summed E-state index contributed by atoms with van der Waals surface area (Å²) in [7, 11) is 0. The Kier molecular flexibility index (Phi) is 3.47. The molecule has 17 heavy (non-hydrogen) atoms. The normalized spacial score (nSPS) is 22.0. The summed E-state index contributed by atoms with van der Waals surface area (Å²) in [5, 5.41) is 0. The van der Waals surface area contributed by atoms with Gasteiger partial charge < -0.3 is 0 Å². The number of carbonyl (C=O) groups is 1. The number of hydrogen-bond acceptors (Lipinski definition) is 2. The molecule has 0 bridgehead atoms. The first-order valence-corrected chi connectivity index (χ1v) is 5.93. The van der Waals surface area contributed by atoms with Gasteiger partial charge >= 0.3 is 0 Å². The van der Waals surface area contributed by atoms with Crippen LogP contribution in [0.5, 0.6) is 0 Å². The maximum Gasteiger partial charge on any atom is 0.233 e. The summed E-state index contributed by atoms with van der Waals surface area (Å²) in [6.45, 7) is 12.0. The Labute approximate surface area is 104 Å². The van der Waals surface area contributed by atoms with Crippen molar-refractivity contribution < 1.29 is 9.59 Å². The molecule has 0 saturated carbocycles. The van der Waals surface area contributed by atoms with Crippen LogP contribution in [0.15, 0.2) is 23.3 Å². The van der Waals surface area contributed by atoms with Gasteiger partial charge in [-0.3, -0.25) is 9.59 Å². The summed E-state index contributed by atoms with van der Waals surface area (Å²) in [6.07, 6.45) is 5.33. The van der Waals surface area contributed by atoms with Crippen LogP contribution in [0.2, 0.25) is 0 Å². The first kappa shape index (κ1) is 13.9. The lowest BCUT2D eigenvalue weighted by Crippen LogP contribution is -2.34. The van der Waals surface area contributed by atoms with E-state index >= 15 is 0 Å². The molecule has 0 aromatic heterocycles. The largest absolute Gasteiger partial charge is 0.294 e. The highest BCUT2D eigenvalue weighted by Gasteiger charge is 2.37. The Morgan fingerprint density at radius 3 is 2.00 bits per heavy atom. The summed E-state index contributed by atoms with van der Waals surface area (Å²) in [5.41, 5.74) is 0.800. The van der Waals surface area contributed by atoms with Crippen LogP contribution < -0.4 is 0 Å². The third kappa shape index (κ3) is 2.93. The van der Waals surface area contributed by atoms with Crippen LogP contribution in [0.25, 0.3) is 0 Å². The average Bonchev–Trinajstić information content (AvgIpc) is 2.14. The molecule has 0 heterocycles. The van der Waals surface area contributed by atoms with Crippen LogP contribution in [0, 0.1) is 16.7 Å². The Bertz CT molecular complexity index is 398. The lowest BCUT2D eigenvalue weighted by atomic mass is 9.68. The predicted octanol–water partition coefficient (Wildman–Crippen LogP) is 3.24. The Balaban J connectivity index is 3.28. The molecule has 0 fully saturated rings. The number of hydrogen-bond donors (Lipinski definition) is 0. The van der Waals surface area contributed by atoms with E-state index in [0.717, 1.165) is 5.57 Å². The number of allylic oxidation sites excluding steroid dienone is 4. The number of Topliss-reactive ketones (excluding diaryl/α,β-unsaturated/α-hetero) is 1. The van der Waals surface area contributed by atoms with E-state index in [9.17, 15) is 9.59 Å². The molecule has 0 spiro atoms. The summed E-state index contributed by atoms with van der Waals surface area (Å²) >= 11 is 0. The third-order valence-corrected chi connectivity index (χ3v) is 3.05. The molecule has 0 aromatic rings. The molecule has 2 heteroatoms. The van der Waals surface area contributed by atoms with Crippen molar-refractivity contribution in [3.63, 3.8) is 0 Å². The van der Waals surface area contributed by atoms with Crippen molar-refractivity contribution in [2.24, 2.45) is 16.7 Å². The van der Waals surface area contributed by atoms with E-state index in [4.69, 9.17) is 0 Å². The first-order valence-electron chi connectivity index (χ1n) is 5.93. The molecule has 1 atom stereocenters. The molecule has 2 nitrogen and oxygen atoms in total. The summed E-state index contributed by atoms with van der Waals surface area (Å²) < 4.78 is 0. The van der Waals surface area contributed by atoms with Gasteiger partial charge in [-0.05, 0) is 16.9 Å². The van der Waals surface area contributed by atoms with Gasteiger partial charge in [0, 0.05) is 17.1 Å². The van der Waals surface area contributed by atoms with Gasteiger partial charge in [0.25, 0.3) is 0 Å². The molecule has 1 radical (unpaired) electrons. The lowest BCUT2D eigenvalue weighted by Gasteiger charge is -2.34. The highest BCUT2D eigenvalue weighted by Crippen LogP contribution is 2.39. The highest BCUT2D eigenvalue weighted by atomic mass is 16.1. The number of rotatable bonds is 1. The van der Waals surface area contributed by atoms with Gasteiger partial charge in [-0.15, -0.1) is 0 Å². The average molecular weight is 233 g/mol. The van der Waals surface area contributed by atoms with Gasteiger partial charge in [-0.25, -0.2) is 0 Å². The molecule has 93 valence electrons. The quantitative estimate of drug-likeness (QED) is 0.696. The molecular formula is C15H21O2. The monoisotopic (exact) mass is 233 g/mol. The lowest BCUT2D eigenvalue weighted by molar-refractivity contribution is -0.121. The van der Waals surface area contributed by atoms with Crippen molar-refractivity contribution in [2.75, 3.05) is 0 Å². The van der Waals surface area contributed by atoms with Crippen LogP contribution in [-0.4, -0.2) is 12.1 Å². The Morgan fingerprint density at radius 1 is 1.12 bits per heavy atom. The van der Waals surface area contributed by atoms with Crippen LogP contribution in [0.3, 0.4) is 0 Å². The van der Waals surface area contributed by atoms with Gasteiger partial charge in [-0.2, -0.15) is 0 Å². The van der Waals surface area contributed by atoms with Crippen molar-refractivity contribution in [2.45, 2.75) is 41.5 Å². The van der Waals surface area contributed by atoms with Gasteiger partial charge in [-0.1, -0.05) is 47.6 Å². The van der Waals surface area contributed by atoms with Crippen molar-refractivity contribution in [3.05, 3.63) is 23.3 Å². The second-order valence-electron chi connectivity index (χ2n) is 6.74. The summed E-state index contributed by atoms with van der Waals surface area (Å²) in [4.78, 5) is 23.3. The topological polar surface area (TPSA) is 34.1 Å². The molecule has 0 aliphatic heterocycles. The zero-order valence-corrected chi connectivity index (χ0v) is 11.5. The van der Waals surface area contributed by atoms with Crippen molar-refractivity contribution in [1.82, 2.24) is 0 Å². The minimum absolute atomic E-state index is 0.129. The maximum absolute atomic E-state index is 12.4. The molecule has 0 amide bonds. The summed E-state index contributed by atoms with van der Waals surface area (Å²) in [5.74, 6) is -0.109. The molecule has 0 aromatic carbocycles. The minimum Gasteiger partial charge on any atom is -0.294 e. The van der Waals surface area contributed by atoms with E-state index < -0.39 is 0 Å². The smallest absolute Gasteiger partial charge is 0.233 e. The van der Waals surface area contributed by atoms with Crippen LogP contribution in [-0.2, 0) is 9.59 Å². The van der Waals surface area contributed by atoms with Crippen molar-refractivity contribution >= 4 is 12.1 Å². The minimum atomic E-state index is -0.239. The van der Waals surface area contributed by atoms with Crippen LogP contribution in [0.4, 0.5) is 0 Å². The fourth-order valence-corrected chi connectivity index (χ4v) is 1.99. The number of ketones is 1. The second-order valence-corrected chi connectivity index (χ2v) is 6.74. The predicted molar refractivity (Wildman–Crippen MR) is 69.3 cm³/mol. The van der Waals surface area contributed by atoms with E-state index in [-0.39, 0.29) is 22.5 Å². The Hall–Kier alpha value is -1.18. The first-order chi connectivity index (χ1) is 7.57. The van der Waals surface area contributed by atoms with Crippen LogP contribution >= 0.6 is 0 Å².